The average Bonchev–Trinajstić information content (AvgIpc) is 3.30. The molecular formula is C55H73ClN10O9. The number of rotatable bonds is 8. The second-order valence-corrected chi connectivity index (χ2v) is 18.2. The number of ketones is 3. The minimum Gasteiger partial charge on any atom is -0.459 e. The van der Waals surface area contributed by atoms with Crippen LogP contribution in [0.1, 0.15) is 92.0 Å². The number of aromatic amines is 3. The number of aryl methyl sites for hydroxylation is 3. The number of nitrogens with one attached hydrogen (secondary N) is 3. The maximum absolute atomic E-state index is 11.3. The van der Waals surface area contributed by atoms with Crippen LogP contribution in [0.5, 0.6) is 0 Å². The monoisotopic (exact) mass is 1050 g/mol. The van der Waals surface area contributed by atoms with Crippen LogP contribution in [0.25, 0.3) is 27.9 Å². The maximum Gasteiger partial charge on any atom is 0.383 e. The van der Waals surface area contributed by atoms with Gasteiger partial charge in [-0.15, -0.1) is 6.42 Å². The number of hydrogen-bond acceptors (Lipinski definition) is 16. The Labute approximate surface area is 444 Å². The Morgan fingerprint density at radius 3 is 1.64 bits per heavy atom. The van der Waals surface area contributed by atoms with Crippen LogP contribution in [-0.4, -0.2) is 129 Å². The van der Waals surface area contributed by atoms with Gasteiger partial charge in [-0.3, -0.25) is 48.5 Å². The molecule has 6 aromatic rings. The fourth-order valence-electron chi connectivity index (χ4n) is 5.88. The lowest BCUT2D eigenvalue weighted by Crippen LogP contribution is -2.46. The molecule has 75 heavy (non-hydrogen) atoms. The summed E-state index contributed by atoms with van der Waals surface area (Å²) in [6, 6.07) is 16.4. The van der Waals surface area contributed by atoms with Crippen molar-refractivity contribution in [3.05, 3.63) is 161 Å². The largest absolute Gasteiger partial charge is 0.459 e. The fourth-order valence-corrected chi connectivity index (χ4v) is 6.04. The molecule has 0 atom stereocenters. The maximum atomic E-state index is 11.3. The van der Waals surface area contributed by atoms with Gasteiger partial charge in [0.1, 0.15) is 5.15 Å². The summed E-state index contributed by atoms with van der Waals surface area (Å²) in [5.41, 5.74) is 11.1. The van der Waals surface area contributed by atoms with Crippen LogP contribution in [0.2, 0.25) is 5.15 Å². The molecule has 0 aliphatic rings. The number of Topliss-reactive ketones (excluding diaryl/α,β-unsaturated/α-hetero) is 2. The third-order valence-electron chi connectivity index (χ3n) is 9.07. The lowest BCUT2D eigenvalue weighted by molar-refractivity contribution is -0.179. The first-order chi connectivity index (χ1) is 34.8. The van der Waals surface area contributed by atoms with Crippen molar-refractivity contribution in [1.29, 1.82) is 0 Å². The standard InChI is InChI=1S/C11H14N2O2.C9H7ClN2.C9H8N2O.C9H22N2O.C8H9NO2.C5H9NO.C4H4O2/c1-8(14)9-4-5-11(15)12-10(9)6-7-13(2)3;1-6-7-2-3-9(10)12-8(7)4-5-11-6;1-6-7-2-3-9(12)11-8(7)4-5-10-6;1-9(2,3)12-8(10(4)5)11(6)7;1-5-7(6(2)10)3-4-8(11)9-5;1-4(6)3-5(2)7;1-3-4(5)6-2/h4-7H,1-3H3,(H,12,15);2-5H,1H3;2-5H,1H3,(H,11,12);8H,1-7H3;3-4H,1-2H3,(H,9,11);3H,6H2,1-2H3;1H,2H3/b7-6+;;;;;4-3-;. The Hall–Kier alpha value is -7.89. The number of terminal acetylenes is 1. The molecule has 0 aliphatic heterocycles. The number of halogens is 1. The molecule has 0 saturated heterocycles. The zero-order valence-electron chi connectivity index (χ0n) is 46.1. The van der Waals surface area contributed by atoms with Gasteiger partial charge in [0.2, 0.25) is 16.7 Å². The van der Waals surface area contributed by atoms with E-state index < -0.39 is 5.97 Å². The van der Waals surface area contributed by atoms with Gasteiger partial charge in [0, 0.05) is 101 Å². The predicted octanol–water partition coefficient (Wildman–Crippen LogP) is 7.26. The van der Waals surface area contributed by atoms with Gasteiger partial charge >= 0.3 is 5.97 Å². The topological polar surface area (TPSA) is 260 Å². The molecule has 0 unspecified atom stereocenters. The fraction of sp³-hybridized carbons (Fsp3) is 0.345. The lowest BCUT2D eigenvalue weighted by Gasteiger charge is -2.35. The number of fused-ring (bicyclic) bond motifs is 2. The van der Waals surface area contributed by atoms with Gasteiger partial charge in [-0.1, -0.05) is 11.6 Å². The molecule has 0 radical (unpaired) electrons. The number of ether oxygens (including phenoxy) is 2. The summed E-state index contributed by atoms with van der Waals surface area (Å²) in [6.45, 7) is 17.9. The normalized spacial score (nSPS) is 10.6. The van der Waals surface area contributed by atoms with E-state index in [0.29, 0.717) is 33.4 Å². The number of carbonyl (C=O) groups excluding carboxylic acids is 4. The highest BCUT2D eigenvalue weighted by Gasteiger charge is 2.21. The van der Waals surface area contributed by atoms with Crippen molar-refractivity contribution >= 4 is 62.8 Å². The molecule has 0 amide bonds. The van der Waals surface area contributed by atoms with Crippen molar-refractivity contribution in [2.45, 2.75) is 81.2 Å². The van der Waals surface area contributed by atoms with Crippen molar-refractivity contribution in [3.8, 4) is 12.3 Å². The Kier molecular flexibility index (Phi) is 30.2. The van der Waals surface area contributed by atoms with Crippen LogP contribution in [-0.2, 0) is 19.1 Å². The smallest absolute Gasteiger partial charge is 0.383 e. The van der Waals surface area contributed by atoms with Gasteiger partial charge in [-0.05, 0) is 152 Å². The molecule has 0 fully saturated rings. The van der Waals surface area contributed by atoms with E-state index >= 15 is 0 Å². The molecular weight excluding hydrogens is 980 g/mol. The molecule has 0 spiro atoms. The van der Waals surface area contributed by atoms with Gasteiger partial charge in [0.15, 0.2) is 23.7 Å². The number of methoxy groups -OCH3 is 1. The van der Waals surface area contributed by atoms with Crippen LogP contribution >= 0.6 is 11.6 Å². The molecule has 5 N–H and O–H groups in total. The first-order valence-corrected chi connectivity index (χ1v) is 23.3. The quantitative estimate of drug-likeness (QED) is 0.0222. The number of nitrogens with zero attached hydrogens (tertiary/aromatic N) is 6. The Balaban J connectivity index is 0.000000866. The van der Waals surface area contributed by atoms with E-state index in [1.54, 1.807) is 62.6 Å². The van der Waals surface area contributed by atoms with E-state index in [-0.39, 0.29) is 46.0 Å². The van der Waals surface area contributed by atoms with Crippen molar-refractivity contribution < 1.29 is 28.7 Å². The molecule has 20 heteroatoms. The van der Waals surface area contributed by atoms with E-state index in [0.717, 1.165) is 33.2 Å². The third kappa shape index (κ3) is 28.2. The summed E-state index contributed by atoms with van der Waals surface area (Å²) in [5.74, 6) is 1.03. The molecule has 0 saturated carbocycles. The van der Waals surface area contributed by atoms with E-state index in [1.807, 2.05) is 83.0 Å². The summed E-state index contributed by atoms with van der Waals surface area (Å²) < 4.78 is 9.84. The summed E-state index contributed by atoms with van der Waals surface area (Å²) in [6.07, 6.45) is 12.9. The first kappa shape index (κ1) is 67.1. The second kappa shape index (κ2) is 33.8. The number of allylic oxidation sites excluding steroid dienone is 2. The van der Waals surface area contributed by atoms with Crippen LogP contribution in [0.3, 0.4) is 0 Å². The van der Waals surface area contributed by atoms with Crippen molar-refractivity contribution in [3.63, 3.8) is 0 Å². The van der Waals surface area contributed by atoms with Crippen LogP contribution < -0.4 is 22.4 Å². The highest BCUT2D eigenvalue weighted by molar-refractivity contribution is 6.29. The summed E-state index contributed by atoms with van der Waals surface area (Å²) >= 11 is 5.74. The van der Waals surface area contributed by atoms with Gasteiger partial charge in [0.05, 0.1) is 29.4 Å². The minimum atomic E-state index is -0.630. The van der Waals surface area contributed by atoms with Gasteiger partial charge in [0.25, 0.3) is 0 Å². The Bertz CT molecular complexity index is 3100. The summed E-state index contributed by atoms with van der Waals surface area (Å²) in [4.78, 5) is 101. The Morgan fingerprint density at radius 1 is 0.720 bits per heavy atom. The average molecular weight is 1050 g/mol. The molecule has 0 aromatic carbocycles. The number of H-pyrrole nitrogens is 3. The summed E-state index contributed by atoms with van der Waals surface area (Å²) in [7, 11) is 13.0. The van der Waals surface area contributed by atoms with Gasteiger partial charge in [-0.2, -0.15) is 0 Å². The second-order valence-electron chi connectivity index (χ2n) is 17.8. The molecule has 0 aliphatic carbocycles. The van der Waals surface area contributed by atoms with E-state index in [1.165, 1.54) is 64.3 Å². The van der Waals surface area contributed by atoms with Gasteiger partial charge in [-0.25, -0.2) is 9.78 Å². The van der Waals surface area contributed by atoms with E-state index in [4.69, 9.17) is 22.1 Å². The SMILES string of the molecule is C#CC(=O)OC.CC(=O)/C=C(/C)N.CC(=O)c1ccc(=O)[nH]c1/C=C/N(C)C.CC(=O)c1ccc(=O)[nH]c1C.CN(C)C(OC(C)(C)C)N(C)C.Cc1nccc2[nH]c(=O)ccc12.Cc1nccc2nc(Cl)ccc12. The number of hydrogen-bond donors (Lipinski definition) is 4. The molecule has 0 bridgehead atoms. The number of pyridine rings is 6. The number of esters is 1. The first-order valence-electron chi connectivity index (χ1n) is 23.0. The molecule has 19 nitrogen and oxygen atoms in total. The van der Waals surface area contributed by atoms with Crippen molar-refractivity contribution in [1.82, 2.24) is 44.6 Å². The third-order valence-corrected chi connectivity index (χ3v) is 9.28. The zero-order chi connectivity index (χ0) is 57.7. The highest BCUT2D eigenvalue weighted by Crippen LogP contribution is 2.17. The minimum absolute atomic E-state index is 0.000000000000000444. The molecule has 6 aromatic heterocycles. The number of nitrogens with two attached hydrogens (primary N) is 1. The van der Waals surface area contributed by atoms with Crippen LogP contribution in [0.15, 0.2) is 105 Å². The number of carbonyl (C=O) groups is 4. The molecule has 6 rings (SSSR count). The number of aromatic nitrogens is 6. The lowest BCUT2D eigenvalue weighted by atomic mass is 10.1. The van der Waals surface area contributed by atoms with E-state index in [2.05, 4.69) is 61.8 Å². The van der Waals surface area contributed by atoms with E-state index in [9.17, 15) is 33.6 Å². The Morgan fingerprint density at radius 2 is 1.21 bits per heavy atom. The molecule has 404 valence electrons. The van der Waals surface area contributed by atoms with Crippen LogP contribution in [0, 0.1) is 33.1 Å². The van der Waals surface area contributed by atoms with Crippen molar-refractivity contribution in [2.75, 3.05) is 49.4 Å². The van der Waals surface area contributed by atoms with Gasteiger partial charge < -0.3 is 35.1 Å². The predicted molar refractivity (Wildman–Crippen MR) is 299 cm³/mol. The zero-order valence-corrected chi connectivity index (χ0v) is 46.9. The molecule has 6 heterocycles. The highest BCUT2D eigenvalue weighted by atomic mass is 35.5. The van der Waals surface area contributed by atoms with Crippen molar-refractivity contribution in [2.24, 2.45) is 5.73 Å². The van der Waals surface area contributed by atoms with Crippen LogP contribution in [0.4, 0.5) is 0 Å². The summed E-state index contributed by atoms with van der Waals surface area (Å²) in [5, 5.41) is 2.58.